The molecule has 0 aliphatic rings. The van der Waals surface area contributed by atoms with E-state index in [2.05, 4.69) is 35.4 Å². The van der Waals surface area contributed by atoms with Crippen molar-refractivity contribution in [3.8, 4) is 0 Å². The Morgan fingerprint density at radius 1 is 1.00 bits per heavy atom. The number of benzene rings is 2. The van der Waals surface area contributed by atoms with Gasteiger partial charge in [0.2, 0.25) is 0 Å². The molecule has 0 spiro atoms. The fourth-order valence-corrected chi connectivity index (χ4v) is 3.03. The third-order valence-electron chi connectivity index (χ3n) is 4.44. The van der Waals surface area contributed by atoms with Crippen LogP contribution in [-0.2, 0) is 6.54 Å². The van der Waals surface area contributed by atoms with Crippen LogP contribution < -0.4 is 10.2 Å². The first-order valence-electron chi connectivity index (χ1n) is 9.21. The van der Waals surface area contributed by atoms with Crippen molar-refractivity contribution in [1.29, 1.82) is 0 Å². The summed E-state index contributed by atoms with van der Waals surface area (Å²) >= 11 is 0. The van der Waals surface area contributed by atoms with Crippen LogP contribution in [0.5, 0.6) is 0 Å². The quantitative estimate of drug-likeness (QED) is 0.675. The molecule has 0 atom stereocenters. The van der Waals surface area contributed by atoms with Gasteiger partial charge in [0.25, 0.3) is 5.91 Å². The average molecular weight is 359 g/mol. The van der Waals surface area contributed by atoms with E-state index in [1.54, 1.807) is 11.1 Å². The van der Waals surface area contributed by atoms with Crippen LogP contribution in [0.2, 0.25) is 0 Å². The monoisotopic (exact) mass is 359 g/mol. The van der Waals surface area contributed by atoms with E-state index in [9.17, 15) is 4.79 Å². The van der Waals surface area contributed by atoms with Gasteiger partial charge in [0, 0.05) is 25.0 Å². The van der Waals surface area contributed by atoms with Crippen LogP contribution >= 0.6 is 0 Å². The Hall–Kier alpha value is -3.14. The van der Waals surface area contributed by atoms with E-state index in [0.717, 1.165) is 17.1 Å². The maximum Gasteiger partial charge on any atom is 0.259 e. The Morgan fingerprint density at radius 3 is 2.37 bits per heavy atom. The largest absolute Gasteiger partial charge is 0.366 e. The van der Waals surface area contributed by atoms with Crippen LogP contribution in [-0.4, -0.2) is 17.4 Å². The highest BCUT2D eigenvalue weighted by molar-refractivity contribution is 6.06. The Kier molecular flexibility index (Phi) is 5.87. The molecule has 0 aliphatic heterocycles. The molecule has 1 aromatic heterocycles. The van der Waals surface area contributed by atoms with E-state index in [0.29, 0.717) is 18.7 Å². The highest BCUT2D eigenvalue weighted by atomic mass is 16.2. The van der Waals surface area contributed by atoms with Crippen molar-refractivity contribution in [2.24, 2.45) is 0 Å². The minimum absolute atomic E-state index is 0.0409. The molecule has 0 unspecified atom stereocenters. The van der Waals surface area contributed by atoms with E-state index in [4.69, 9.17) is 0 Å². The fraction of sp³-hybridized carbons (Fsp3) is 0.217. The van der Waals surface area contributed by atoms with E-state index < -0.39 is 0 Å². The van der Waals surface area contributed by atoms with Crippen LogP contribution in [0.3, 0.4) is 0 Å². The first kappa shape index (κ1) is 18.6. The van der Waals surface area contributed by atoms with Gasteiger partial charge in [-0.25, -0.2) is 4.98 Å². The van der Waals surface area contributed by atoms with E-state index >= 15 is 0 Å². The smallest absolute Gasteiger partial charge is 0.259 e. The summed E-state index contributed by atoms with van der Waals surface area (Å²) in [5.41, 5.74) is 5.06. The Labute approximate surface area is 160 Å². The molecule has 138 valence electrons. The van der Waals surface area contributed by atoms with E-state index in [1.807, 2.05) is 56.3 Å². The molecule has 2 aromatic carbocycles. The molecule has 0 fully saturated rings. The van der Waals surface area contributed by atoms with Crippen LogP contribution in [0.1, 0.15) is 34.0 Å². The molecule has 1 N–H and O–H groups in total. The number of anilines is 2. The van der Waals surface area contributed by atoms with Gasteiger partial charge in [-0.05, 0) is 56.2 Å². The summed E-state index contributed by atoms with van der Waals surface area (Å²) in [4.78, 5) is 19.1. The van der Waals surface area contributed by atoms with Gasteiger partial charge in [0.05, 0.1) is 5.56 Å². The molecule has 0 bridgehead atoms. The molecule has 1 heterocycles. The molecular weight excluding hydrogens is 334 g/mol. The summed E-state index contributed by atoms with van der Waals surface area (Å²) in [7, 11) is 0. The SMILES string of the molecule is CCN(C(=O)c1ccc(NCc2cccc(C)c2)nc1)c1cccc(C)c1. The van der Waals surface area contributed by atoms with Gasteiger partial charge >= 0.3 is 0 Å². The van der Waals surface area contributed by atoms with Crippen LogP contribution in [0, 0.1) is 13.8 Å². The third-order valence-corrected chi connectivity index (χ3v) is 4.44. The van der Waals surface area contributed by atoms with Gasteiger partial charge in [-0.3, -0.25) is 4.79 Å². The average Bonchev–Trinajstić information content (AvgIpc) is 2.67. The number of nitrogens with one attached hydrogen (secondary N) is 1. The number of aromatic nitrogens is 1. The molecule has 0 radical (unpaired) electrons. The van der Waals surface area contributed by atoms with E-state index in [1.165, 1.54) is 11.1 Å². The summed E-state index contributed by atoms with van der Waals surface area (Å²) in [5.74, 6) is 0.715. The molecule has 0 saturated heterocycles. The molecule has 0 saturated carbocycles. The van der Waals surface area contributed by atoms with Crippen LogP contribution in [0.4, 0.5) is 11.5 Å². The lowest BCUT2D eigenvalue weighted by Crippen LogP contribution is -2.30. The molecule has 3 aromatic rings. The van der Waals surface area contributed by atoms with Gasteiger partial charge in [-0.2, -0.15) is 0 Å². The highest BCUT2D eigenvalue weighted by Gasteiger charge is 2.16. The second-order valence-electron chi connectivity index (χ2n) is 6.66. The number of pyridine rings is 1. The van der Waals surface area contributed by atoms with Crippen molar-refractivity contribution < 1.29 is 4.79 Å². The standard InChI is InChI=1S/C23H25N3O/c1-4-26(21-10-6-8-18(3)14-21)23(27)20-11-12-22(25-16-20)24-15-19-9-5-7-17(2)13-19/h5-14,16H,4,15H2,1-3H3,(H,24,25). The van der Waals surface area contributed by atoms with Crippen molar-refractivity contribution in [2.75, 3.05) is 16.8 Å². The molecule has 3 rings (SSSR count). The summed E-state index contributed by atoms with van der Waals surface area (Å²) in [6.07, 6.45) is 1.64. The number of aryl methyl sites for hydroxylation is 2. The first-order valence-corrected chi connectivity index (χ1v) is 9.21. The second kappa shape index (κ2) is 8.49. The number of nitrogens with zero attached hydrogens (tertiary/aromatic N) is 2. The maximum atomic E-state index is 12.9. The number of carbonyl (C=O) groups excluding carboxylic acids is 1. The zero-order valence-electron chi connectivity index (χ0n) is 16.1. The lowest BCUT2D eigenvalue weighted by Gasteiger charge is -2.21. The number of hydrogen-bond donors (Lipinski definition) is 1. The minimum Gasteiger partial charge on any atom is -0.366 e. The number of hydrogen-bond acceptors (Lipinski definition) is 3. The minimum atomic E-state index is -0.0409. The Bertz CT molecular complexity index is 919. The summed E-state index contributed by atoms with van der Waals surface area (Å²) in [6.45, 7) is 7.39. The normalized spacial score (nSPS) is 10.5. The Balaban J connectivity index is 1.69. The summed E-state index contributed by atoms with van der Waals surface area (Å²) in [6, 6.07) is 20.0. The number of amides is 1. The first-order chi connectivity index (χ1) is 13.1. The van der Waals surface area contributed by atoms with Crippen molar-refractivity contribution in [3.63, 3.8) is 0 Å². The molecule has 4 heteroatoms. The maximum absolute atomic E-state index is 12.9. The van der Waals surface area contributed by atoms with Crippen molar-refractivity contribution in [3.05, 3.63) is 89.1 Å². The lowest BCUT2D eigenvalue weighted by atomic mass is 10.1. The van der Waals surface area contributed by atoms with E-state index in [-0.39, 0.29) is 5.91 Å². The summed E-state index contributed by atoms with van der Waals surface area (Å²) in [5, 5.41) is 3.30. The number of rotatable bonds is 6. The zero-order chi connectivity index (χ0) is 19.2. The van der Waals surface area contributed by atoms with Crippen LogP contribution in [0.25, 0.3) is 0 Å². The molecule has 4 nitrogen and oxygen atoms in total. The van der Waals surface area contributed by atoms with Gasteiger partial charge in [-0.1, -0.05) is 42.0 Å². The highest BCUT2D eigenvalue weighted by Crippen LogP contribution is 2.19. The third kappa shape index (κ3) is 4.73. The molecule has 1 amide bonds. The Morgan fingerprint density at radius 2 is 1.74 bits per heavy atom. The van der Waals surface area contributed by atoms with Crippen molar-refractivity contribution in [1.82, 2.24) is 4.98 Å². The molecular formula is C23H25N3O. The van der Waals surface area contributed by atoms with Gasteiger partial charge in [0.15, 0.2) is 0 Å². The molecule has 0 aliphatic carbocycles. The van der Waals surface area contributed by atoms with Gasteiger partial charge in [0.1, 0.15) is 5.82 Å². The predicted octanol–water partition coefficient (Wildman–Crippen LogP) is 4.98. The lowest BCUT2D eigenvalue weighted by molar-refractivity contribution is 0.0988. The van der Waals surface area contributed by atoms with Gasteiger partial charge in [-0.15, -0.1) is 0 Å². The van der Waals surface area contributed by atoms with Crippen molar-refractivity contribution >= 4 is 17.4 Å². The second-order valence-corrected chi connectivity index (χ2v) is 6.66. The molecule has 27 heavy (non-hydrogen) atoms. The predicted molar refractivity (Wildman–Crippen MR) is 111 cm³/mol. The summed E-state index contributed by atoms with van der Waals surface area (Å²) < 4.78 is 0. The zero-order valence-corrected chi connectivity index (χ0v) is 16.1. The topological polar surface area (TPSA) is 45.2 Å². The van der Waals surface area contributed by atoms with Crippen molar-refractivity contribution in [2.45, 2.75) is 27.3 Å². The van der Waals surface area contributed by atoms with Gasteiger partial charge < -0.3 is 10.2 Å². The fourth-order valence-electron chi connectivity index (χ4n) is 3.03. The number of carbonyl (C=O) groups is 1. The van der Waals surface area contributed by atoms with Crippen LogP contribution in [0.15, 0.2) is 66.9 Å².